The molecule has 1 aromatic rings. The van der Waals surface area contributed by atoms with Crippen LogP contribution in [0.15, 0.2) is 30.3 Å². The van der Waals surface area contributed by atoms with Gasteiger partial charge in [0, 0.05) is 6.42 Å². The first-order chi connectivity index (χ1) is 7.43. The highest BCUT2D eigenvalue weighted by Crippen LogP contribution is 2.01. The number of nitrogens with one attached hydrogen (secondary N) is 1. The molecule has 0 spiro atoms. The lowest BCUT2D eigenvalue weighted by molar-refractivity contribution is 0.628. The van der Waals surface area contributed by atoms with E-state index in [-0.39, 0.29) is 0 Å². The average molecular weight is 202 g/mol. The Bertz CT molecular complexity index is 287. The van der Waals surface area contributed by atoms with E-state index < -0.39 is 0 Å². The zero-order valence-corrected chi connectivity index (χ0v) is 9.08. The lowest BCUT2D eigenvalue weighted by Crippen LogP contribution is -2.17. The maximum Gasteiger partial charge on any atom is 0.0622 e. The minimum atomic E-state index is 0.658. The van der Waals surface area contributed by atoms with Crippen LogP contribution in [0.25, 0.3) is 0 Å². The van der Waals surface area contributed by atoms with Gasteiger partial charge in [-0.1, -0.05) is 30.3 Å². The maximum atomic E-state index is 8.34. The second kappa shape index (κ2) is 8.02. The van der Waals surface area contributed by atoms with Crippen LogP contribution in [0, 0.1) is 11.3 Å². The normalized spacial score (nSPS) is 9.80. The summed E-state index contributed by atoms with van der Waals surface area (Å²) in [6.45, 7) is 2.00. The van der Waals surface area contributed by atoms with Gasteiger partial charge in [0.2, 0.25) is 0 Å². The van der Waals surface area contributed by atoms with Gasteiger partial charge in [0.1, 0.15) is 0 Å². The van der Waals surface area contributed by atoms with Gasteiger partial charge in [-0.25, -0.2) is 0 Å². The van der Waals surface area contributed by atoms with Gasteiger partial charge < -0.3 is 5.32 Å². The molecule has 0 fully saturated rings. The first-order valence-electron chi connectivity index (χ1n) is 5.55. The molecule has 15 heavy (non-hydrogen) atoms. The smallest absolute Gasteiger partial charge is 0.0622 e. The van der Waals surface area contributed by atoms with Crippen molar-refractivity contribution in [3.05, 3.63) is 35.9 Å². The lowest BCUT2D eigenvalue weighted by Gasteiger charge is -2.03. The Kier molecular flexibility index (Phi) is 6.28. The summed E-state index contributed by atoms with van der Waals surface area (Å²) in [5, 5.41) is 11.7. The molecule has 80 valence electrons. The zero-order chi connectivity index (χ0) is 10.8. The van der Waals surface area contributed by atoms with Gasteiger partial charge >= 0.3 is 0 Å². The summed E-state index contributed by atoms with van der Waals surface area (Å²) < 4.78 is 0. The number of hydrogen-bond donors (Lipinski definition) is 1. The van der Waals surface area contributed by atoms with E-state index in [0.717, 1.165) is 32.4 Å². The topological polar surface area (TPSA) is 35.8 Å². The summed E-state index contributed by atoms with van der Waals surface area (Å²) >= 11 is 0. The van der Waals surface area contributed by atoms with Crippen LogP contribution in [0.3, 0.4) is 0 Å². The molecular formula is C13H18N2. The molecule has 0 amide bonds. The van der Waals surface area contributed by atoms with Crippen molar-refractivity contribution in [3.8, 4) is 6.07 Å². The van der Waals surface area contributed by atoms with Crippen LogP contribution in [0.5, 0.6) is 0 Å². The van der Waals surface area contributed by atoms with Crippen molar-refractivity contribution >= 4 is 0 Å². The van der Waals surface area contributed by atoms with Gasteiger partial charge in [-0.3, -0.25) is 0 Å². The molecule has 0 bridgehead atoms. The van der Waals surface area contributed by atoms with Crippen LogP contribution in [0.2, 0.25) is 0 Å². The van der Waals surface area contributed by atoms with E-state index in [2.05, 4.69) is 35.7 Å². The largest absolute Gasteiger partial charge is 0.317 e. The minimum Gasteiger partial charge on any atom is -0.317 e. The van der Waals surface area contributed by atoms with E-state index in [1.54, 1.807) is 0 Å². The van der Waals surface area contributed by atoms with Gasteiger partial charge in [-0.05, 0) is 37.9 Å². The third kappa shape index (κ3) is 5.87. The summed E-state index contributed by atoms with van der Waals surface area (Å²) in [7, 11) is 0. The van der Waals surface area contributed by atoms with Crippen molar-refractivity contribution in [2.24, 2.45) is 0 Å². The van der Waals surface area contributed by atoms with Crippen LogP contribution in [-0.4, -0.2) is 13.1 Å². The number of unbranched alkanes of at least 4 members (excludes halogenated alkanes) is 1. The molecule has 1 aromatic carbocycles. The number of rotatable bonds is 7. The third-order valence-electron chi connectivity index (χ3n) is 2.30. The van der Waals surface area contributed by atoms with Crippen molar-refractivity contribution in [2.75, 3.05) is 13.1 Å². The highest BCUT2D eigenvalue weighted by Gasteiger charge is 1.91. The van der Waals surface area contributed by atoms with E-state index in [0.29, 0.717) is 6.42 Å². The molecule has 0 aliphatic rings. The fourth-order valence-electron chi connectivity index (χ4n) is 1.48. The van der Waals surface area contributed by atoms with Crippen LogP contribution >= 0.6 is 0 Å². The Morgan fingerprint density at radius 1 is 1.07 bits per heavy atom. The molecule has 0 aliphatic carbocycles. The van der Waals surface area contributed by atoms with Crippen molar-refractivity contribution in [1.29, 1.82) is 5.26 Å². The van der Waals surface area contributed by atoms with Gasteiger partial charge in [-0.15, -0.1) is 0 Å². The van der Waals surface area contributed by atoms with Crippen molar-refractivity contribution in [2.45, 2.75) is 25.7 Å². The maximum absolute atomic E-state index is 8.34. The van der Waals surface area contributed by atoms with Gasteiger partial charge in [0.05, 0.1) is 6.07 Å². The van der Waals surface area contributed by atoms with Crippen molar-refractivity contribution < 1.29 is 0 Å². The summed E-state index contributed by atoms with van der Waals surface area (Å²) in [4.78, 5) is 0. The number of aryl methyl sites for hydroxylation is 1. The van der Waals surface area contributed by atoms with E-state index >= 15 is 0 Å². The molecule has 0 unspecified atom stereocenters. The monoisotopic (exact) mass is 202 g/mol. The molecule has 2 nitrogen and oxygen atoms in total. The van der Waals surface area contributed by atoms with E-state index in [4.69, 9.17) is 5.26 Å². The zero-order valence-electron chi connectivity index (χ0n) is 9.08. The first kappa shape index (κ1) is 11.7. The van der Waals surface area contributed by atoms with Gasteiger partial charge in [-0.2, -0.15) is 5.26 Å². The van der Waals surface area contributed by atoms with Crippen LogP contribution in [0.4, 0.5) is 0 Å². The summed E-state index contributed by atoms with van der Waals surface area (Å²) in [6, 6.07) is 12.7. The van der Waals surface area contributed by atoms with Crippen molar-refractivity contribution in [3.63, 3.8) is 0 Å². The highest BCUT2D eigenvalue weighted by atomic mass is 14.8. The number of nitriles is 1. The Morgan fingerprint density at radius 3 is 2.53 bits per heavy atom. The van der Waals surface area contributed by atoms with Crippen LogP contribution < -0.4 is 5.32 Å². The van der Waals surface area contributed by atoms with Gasteiger partial charge in [0.25, 0.3) is 0 Å². The Hall–Kier alpha value is -1.33. The van der Waals surface area contributed by atoms with E-state index in [1.165, 1.54) is 5.56 Å². The SMILES string of the molecule is N#CCCCNCCCc1ccccc1. The summed E-state index contributed by atoms with van der Waals surface area (Å²) in [6.07, 6.45) is 3.91. The molecular weight excluding hydrogens is 184 g/mol. The number of nitrogens with zero attached hydrogens (tertiary/aromatic N) is 1. The average Bonchev–Trinajstić information content (AvgIpc) is 2.29. The van der Waals surface area contributed by atoms with Crippen LogP contribution in [0.1, 0.15) is 24.8 Å². The predicted molar refractivity (Wildman–Crippen MR) is 62.5 cm³/mol. The molecule has 1 rings (SSSR count). The van der Waals surface area contributed by atoms with Crippen molar-refractivity contribution in [1.82, 2.24) is 5.32 Å². The Balaban J connectivity index is 1.96. The summed E-state index contributed by atoms with van der Waals surface area (Å²) in [5.74, 6) is 0. The molecule has 0 saturated heterocycles. The standard InChI is InChI=1S/C13H18N2/c14-10-4-5-11-15-12-6-9-13-7-2-1-3-8-13/h1-3,7-8,15H,4-6,9,11-12H2. The predicted octanol–water partition coefficient (Wildman–Crippen LogP) is 2.51. The molecule has 0 saturated carbocycles. The fraction of sp³-hybridized carbons (Fsp3) is 0.462. The number of benzene rings is 1. The van der Waals surface area contributed by atoms with Gasteiger partial charge in [0.15, 0.2) is 0 Å². The lowest BCUT2D eigenvalue weighted by atomic mass is 10.1. The second-order valence-corrected chi connectivity index (χ2v) is 3.60. The first-order valence-corrected chi connectivity index (χ1v) is 5.55. The molecule has 0 heterocycles. The quantitative estimate of drug-likeness (QED) is 0.690. The fourth-order valence-corrected chi connectivity index (χ4v) is 1.48. The minimum absolute atomic E-state index is 0.658. The molecule has 0 radical (unpaired) electrons. The van der Waals surface area contributed by atoms with E-state index in [9.17, 15) is 0 Å². The van der Waals surface area contributed by atoms with Crippen LogP contribution in [-0.2, 0) is 6.42 Å². The Labute approximate surface area is 91.9 Å². The summed E-state index contributed by atoms with van der Waals surface area (Å²) in [5.41, 5.74) is 1.40. The van der Waals surface area contributed by atoms with E-state index in [1.807, 2.05) is 6.07 Å². The molecule has 2 heteroatoms. The Morgan fingerprint density at radius 2 is 1.80 bits per heavy atom. The second-order valence-electron chi connectivity index (χ2n) is 3.60. The molecule has 0 aliphatic heterocycles. The molecule has 1 N–H and O–H groups in total. The third-order valence-corrected chi connectivity index (χ3v) is 2.30. The molecule has 0 aromatic heterocycles. The highest BCUT2D eigenvalue weighted by molar-refractivity contribution is 5.14. The molecule has 0 atom stereocenters. The number of hydrogen-bond acceptors (Lipinski definition) is 2.